The van der Waals surface area contributed by atoms with E-state index in [4.69, 9.17) is 26.7 Å². The van der Waals surface area contributed by atoms with Gasteiger partial charge >= 0.3 is 17.8 Å². The molecule has 0 unspecified atom stereocenters. The van der Waals surface area contributed by atoms with Gasteiger partial charge in [-0.2, -0.15) is 0 Å². The molecule has 0 aliphatic heterocycles. The lowest BCUT2D eigenvalue weighted by molar-refractivity contribution is -0.133. The number of aromatic amines is 1. The van der Waals surface area contributed by atoms with Gasteiger partial charge in [0, 0.05) is 50.5 Å². The number of H-pyrrole nitrogens is 1. The quantitative estimate of drug-likeness (QED) is 0.0554. The minimum atomic E-state index is -0.866. The molecule has 1 fully saturated rings. The second kappa shape index (κ2) is 22.6. The highest BCUT2D eigenvalue weighted by atomic mass is 16.6. The normalized spacial score (nSPS) is 13.6. The van der Waals surface area contributed by atoms with Crippen molar-refractivity contribution in [1.82, 2.24) is 40.0 Å². The Bertz CT molecular complexity index is 2220. The van der Waals surface area contributed by atoms with Crippen molar-refractivity contribution in [2.24, 2.45) is 23.3 Å². The highest BCUT2D eigenvalue weighted by Gasteiger charge is 2.31. The number of carbonyl (C=O) groups excluding carboxylic acids is 5. The molecule has 1 aliphatic rings. The minimum Gasteiger partial charge on any atom is -0.445 e. The highest BCUT2D eigenvalue weighted by Crippen LogP contribution is 2.27. The number of nitrogens with one attached hydrogen (secondary N) is 3. The summed E-state index contributed by atoms with van der Waals surface area (Å²) >= 11 is 0. The molecule has 2 atom stereocenters. The maximum atomic E-state index is 13.7. The van der Waals surface area contributed by atoms with Gasteiger partial charge in [-0.05, 0) is 67.7 Å². The van der Waals surface area contributed by atoms with Crippen LogP contribution in [0.3, 0.4) is 0 Å². The van der Waals surface area contributed by atoms with Crippen LogP contribution >= 0.6 is 0 Å². The average molecular weight is 858 g/mol. The van der Waals surface area contributed by atoms with Crippen LogP contribution in [0, 0.1) is 18.8 Å². The van der Waals surface area contributed by atoms with Crippen molar-refractivity contribution >= 4 is 46.6 Å². The van der Waals surface area contributed by atoms with Gasteiger partial charge in [-0.1, -0.05) is 44.2 Å². The second-order valence-electron chi connectivity index (χ2n) is 16.0. The number of primary amides is 1. The minimum absolute atomic E-state index is 0.0131. The maximum Gasteiger partial charge on any atom is 0.410 e. The van der Waals surface area contributed by atoms with Gasteiger partial charge < -0.3 is 47.2 Å². The number of carbonyl (C=O) groups is 5. The summed E-state index contributed by atoms with van der Waals surface area (Å²) in [5.74, 6) is -0.919. The molecule has 3 heterocycles. The number of nitrogen functional groups attached to an aromatic ring is 1. The van der Waals surface area contributed by atoms with Gasteiger partial charge in [0.15, 0.2) is 17.2 Å². The van der Waals surface area contributed by atoms with Crippen molar-refractivity contribution < 1.29 is 33.4 Å². The first-order valence-corrected chi connectivity index (χ1v) is 21.1. The summed E-state index contributed by atoms with van der Waals surface area (Å²) in [6.45, 7) is 7.02. The molecule has 0 bridgehead atoms. The lowest BCUT2D eigenvalue weighted by Crippen LogP contribution is -2.46. The molecule has 334 valence electrons. The Morgan fingerprint density at radius 2 is 1.74 bits per heavy atom. The molecule has 1 saturated carbocycles. The third kappa shape index (κ3) is 13.4. The Balaban J connectivity index is 1.16. The first-order chi connectivity index (χ1) is 29.7. The fraction of sp³-hybridized carbons (Fsp3) is 0.512. The summed E-state index contributed by atoms with van der Waals surface area (Å²) < 4.78 is 12.5. The van der Waals surface area contributed by atoms with Crippen LogP contribution in [0.25, 0.3) is 11.2 Å². The predicted molar refractivity (Wildman–Crippen MR) is 230 cm³/mol. The topological polar surface area (TPSA) is 286 Å². The van der Waals surface area contributed by atoms with Crippen LogP contribution in [0.4, 0.5) is 15.4 Å². The molecule has 4 amide bonds. The van der Waals surface area contributed by atoms with E-state index in [2.05, 4.69) is 30.6 Å². The van der Waals surface area contributed by atoms with Crippen LogP contribution < -0.4 is 33.5 Å². The van der Waals surface area contributed by atoms with E-state index in [0.29, 0.717) is 54.4 Å². The predicted octanol–water partition coefficient (Wildman–Crippen LogP) is 2.79. The van der Waals surface area contributed by atoms with Gasteiger partial charge in [-0.15, -0.1) is 0 Å². The number of benzene rings is 1. The summed E-state index contributed by atoms with van der Waals surface area (Å²) in [6, 6.07) is 9.29. The number of amides is 4. The number of nitrogens with zero attached hydrogens (tertiary/aromatic N) is 5. The van der Waals surface area contributed by atoms with Crippen molar-refractivity contribution in [2.45, 2.75) is 104 Å². The van der Waals surface area contributed by atoms with Crippen LogP contribution in [0.1, 0.15) is 87.0 Å². The number of nitrogens with two attached hydrogens (primary N) is 3. The molecule has 19 nitrogen and oxygen atoms in total. The summed E-state index contributed by atoms with van der Waals surface area (Å²) in [6.07, 6.45) is 4.78. The molecule has 9 N–H and O–H groups in total. The Labute approximate surface area is 359 Å². The van der Waals surface area contributed by atoms with Crippen molar-refractivity contribution in [2.75, 3.05) is 32.0 Å². The van der Waals surface area contributed by atoms with Crippen LogP contribution in [-0.4, -0.2) is 97.4 Å². The van der Waals surface area contributed by atoms with Gasteiger partial charge in [-0.3, -0.25) is 23.9 Å². The molecule has 1 aromatic carbocycles. The first kappa shape index (κ1) is 46.8. The van der Waals surface area contributed by atoms with E-state index < -0.39 is 30.0 Å². The van der Waals surface area contributed by atoms with E-state index in [1.165, 1.54) is 4.57 Å². The van der Waals surface area contributed by atoms with E-state index in [-0.39, 0.29) is 87.0 Å². The van der Waals surface area contributed by atoms with E-state index in [0.717, 1.165) is 30.4 Å². The Kier molecular flexibility index (Phi) is 17.1. The van der Waals surface area contributed by atoms with E-state index in [1.54, 1.807) is 48.4 Å². The molecule has 19 heteroatoms. The zero-order valence-electron chi connectivity index (χ0n) is 35.7. The average Bonchev–Trinajstić information content (AvgIpc) is 3.52. The molecule has 1 aliphatic carbocycles. The van der Waals surface area contributed by atoms with Crippen molar-refractivity contribution in [1.29, 1.82) is 0 Å². The molecule has 62 heavy (non-hydrogen) atoms. The second-order valence-corrected chi connectivity index (χ2v) is 16.0. The number of rotatable bonds is 24. The first-order valence-electron chi connectivity index (χ1n) is 21.1. The number of aryl methyl sites for hydroxylation is 1. The van der Waals surface area contributed by atoms with Crippen LogP contribution in [0.5, 0.6) is 0 Å². The number of imidazole rings is 1. The Morgan fingerprint density at radius 1 is 1.02 bits per heavy atom. The largest absolute Gasteiger partial charge is 0.445 e. The summed E-state index contributed by atoms with van der Waals surface area (Å²) in [7, 11) is 0. The fourth-order valence-electron chi connectivity index (χ4n) is 7.12. The third-order valence-corrected chi connectivity index (χ3v) is 10.9. The molecule has 4 aromatic rings. The van der Waals surface area contributed by atoms with E-state index in [9.17, 15) is 28.8 Å². The molecule has 0 radical (unpaired) electrons. The number of Topliss-reactive ketones (excluding diaryl/α,β-unsaturated/α-hetero) is 2. The van der Waals surface area contributed by atoms with Crippen LogP contribution in [-0.2, 0) is 50.0 Å². The van der Waals surface area contributed by atoms with Crippen LogP contribution in [0.2, 0.25) is 0 Å². The third-order valence-electron chi connectivity index (χ3n) is 10.9. The van der Waals surface area contributed by atoms with Crippen molar-refractivity contribution in [3.8, 4) is 0 Å². The number of urea groups is 1. The summed E-state index contributed by atoms with van der Waals surface area (Å²) in [5, 5.41) is 5.39. The van der Waals surface area contributed by atoms with Gasteiger partial charge in [0.25, 0.3) is 0 Å². The lowest BCUT2D eigenvalue weighted by atomic mass is 9.88. The molecule has 0 spiro atoms. The molecule has 3 aromatic heterocycles. The SMILES string of the molecule is Cc1nc(N)c2[nH]c(=O)n(Cc3ccc(CN(C(=O)OCc4ccc(CC(=O)[C@H](CCCNC(N)=O)NC(=O)[C@@H](CC(=O)CCOCCN)C(C)C)cc4)C4CCC4)cn3)c2n1. The number of anilines is 1. The monoisotopic (exact) mass is 857 g/mol. The van der Waals surface area contributed by atoms with Gasteiger partial charge in [0.05, 0.1) is 38.0 Å². The smallest absolute Gasteiger partial charge is 0.410 e. The number of aromatic nitrogens is 5. The zero-order chi connectivity index (χ0) is 44.8. The summed E-state index contributed by atoms with van der Waals surface area (Å²) in [5.41, 5.74) is 19.9. The molecular weight excluding hydrogens is 799 g/mol. The number of hydrogen-bond donors (Lipinski definition) is 6. The van der Waals surface area contributed by atoms with E-state index >= 15 is 0 Å². The van der Waals surface area contributed by atoms with Crippen molar-refractivity contribution in [3.63, 3.8) is 0 Å². The van der Waals surface area contributed by atoms with Crippen molar-refractivity contribution in [3.05, 3.63) is 81.3 Å². The Morgan fingerprint density at radius 3 is 2.39 bits per heavy atom. The number of hydrogen-bond acceptors (Lipinski definition) is 13. The lowest BCUT2D eigenvalue weighted by Gasteiger charge is -2.36. The number of fused-ring (bicyclic) bond motifs is 1. The Hall–Kier alpha value is -6.21. The van der Waals surface area contributed by atoms with Gasteiger partial charge in [0.2, 0.25) is 5.91 Å². The number of ketones is 2. The molecule has 0 saturated heterocycles. The van der Waals surface area contributed by atoms with Gasteiger partial charge in [-0.25, -0.2) is 24.4 Å². The van der Waals surface area contributed by atoms with E-state index in [1.807, 2.05) is 19.9 Å². The fourth-order valence-corrected chi connectivity index (χ4v) is 7.12. The van der Waals surface area contributed by atoms with Crippen LogP contribution in [0.15, 0.2) is 47.4 Å². The number of pyridine rings is 1. The maximum absolute atomic E-state index is 13.7. The molecular formula is C43H59N11O8. The number of ether oxygens (including phenoxy) is 2. The summed E-state index contributed by atoms with van der Waals surface area (Å²) in [4.78, 5) is 94.7. The zero-order valence-corrected chi connectivity index (χ0v) is 35.7. The highest BCUT2D eigenvalue weighted by molar-refractivity contribution is 5.93. The standard InChI is InChI=1S/C43H59N11O8/c1-26(2)34(21-33(55)15-18-61-19-16-44)40(57)51-35(8-5-17-47-41(46)58)36(56)20-28-9-11-29(12-10-28)25-62-43(60)53(32-6-4-7-32)23-30-13-14-31(48-22-30)24-54-39-37(52-42(54)59)38(45)49-27(3)50-39/h9-14,22,26,32,34-35H,4-8,15-21,23-25,44H2,1-3H3,(H,51,57)(H,52,59)(H2,45,49,50)(H3,46,47,58)/t34-,35-/m0/s1. The molecule has 5 rings (SSSR count). The van der Waals surface area contributed by atoms with Gasteiger partial charge in [0.1, 0.15) is 23.7 Å².